The highest BCUT2D eigenvalue weighted by atomic mass is 32.1. The zero-order chi connectivity index (χ0) is 20.0. The summed E-state index contributed by atoms with van der Waals surface area (Å²) >= 11 is 1.60. The Hall–Kier alpha value is -2.71. The van der Waals surface area contributed by atoms with Gasteiger partial charge in [0.25, 0.3) is 0 Å². The summed E-state index contributed by atoms with van der Waals surface area (Å²) in [6.07, 6.45) is 1.77. The number of alkyl halides is 1. The second-order valence-corrected chi connectivity index (χ2v) is 8.18. The predicted molar refractivity (Wildman–Crippen MR) is 113 cm³/mol. The minimum Gasteiger partial charge on any atom is -0.496 e. The van der Waals surface area contributed by atoms with Gasteiger partial charge in [0.2, 0.25) is 0 Å². The van der Waals surface area contributed by atoms with Gasteiger partial charge in [-0.25, -0.2) is 14.4 Å². The average Bonchev–Trinajstić information content (AvgIpc) is 3.11. The summed E-state index contributed by atoms with van der Waals surface area (Å²) in [7, 11) is 3.70. The van der Waals surface area contributed by atoms with E-state index in [4.69, 9.17) is 9.47 Å². The topological polar surface area (TPSA) is 61.2 Å². The summed E-state index contributed by atoms with van der Waals surface area (Å²) in [6, 6.07) is 8.21. The van der Waals surface area contributed by atoms with Crippen LogP contribution in [0.15, 0.2) is 36.0 Å². The molecule has 2 atom stereocenters. The lowest BCUT2D eigenvalue weighted by Gasteiger charge is -2.10. The quantitative estimate of drug-likeness (QED) is 0.355. The molecule has 8 heteroatoms. The predicted octanol–water partition coefficient (Wildman–Crippen LogP) is 4.60. The molecule has 0 bridgehead atoms. The fraction of sp³-hybridized carbons (Fsp3) is 0.333. The number of halogens is 1. The van der Waals surface area contributed by atoms with Gasteiger partial charge in [0.1, 0.15) is 24.5 Å². The molecule has 0 aliphatic heterocycles. The third kappa shape index (κ3) is 3.42. The molecule has 1 aliphatic rings. The molecule has 0 spiro atoms. The lowest BCUT2D eigenvalue weighted by atomic mass is 10.1. The number of rotatable bonds is 7. The van der Waals surface area contributed by atoms with Crippen LogP contribution in [0.1, 0.15) is 6.42 Å². The Morgan fingerprint density at radius 3 is 2.93 bits per heavy atom. The molecule has 5 rings (SSSR count). The van der Waals surface area contributed by atoms with Crippen LogP contribution in [0.3, 0.4) is 0 Å². The Balaban J connectivity index is 1.42. The molecule has 0 unspecified atom stereocenters. The van der Waals surface area contributed by atoms with E-state index in [2.05, 4.69) is 32.0 Å². The zero-order valence-electron chi connectivity index (χ0n) is 16.2. The third-order valence-corrected chi connectivity index (χ3v) is 6.17. The fourth-order valence-electron chi connectivity index (χ4n) is 3.56. The number of nitrogens with one attached hydrogen (secondary N) is 1. The van der Waals surface area contributed by atoms with Crippen LogP contribution in [0.5, 0.6) is 5.75 Å². The van der Waals surface area contributed by atoms with Crippen LogP contribution in [0.25, 0.3) is 32.4 Å². The zero-order valence-corrected chi connectivity index (χ0v) is 17.0. The number of hydrogen-bond donors (Lipinski definition) is 1. The van der Waals surface area contributed by atoms with E-state index in [9.17, 15) is 4.39 Å². The van der Waals surface area contributed by atoms with Gasteiger partial charge >= 0.3 is 0 Å². The SMILES string of the molecule is COc1cc2scnc2cc1-c1cc2cc(NCOC[C@@H]3C[C@@H]3F)ncc2n1C. The normalized spacial score (nSPS) is 18.4. The van der Waals surface area contributed by atoms with Crippen molar-refractivity contribution in [1.29, 1.82) is 0 Å². The van der Waals surface area contributed by atoms with Crippen LogP contribution in [-0.4, -0.2) is 41.2 Å². The maximum absolute atomic E-state index is 12.9. The molecule has 1 fully saturated rings. The van der Waals surface area contributed by atoms with Gasteiger partial charge in [-0.15, -0.1) is 11.3 Å². The number of aryl methyl sites for hydroxylation is 1. The van der Waals surface area contributed by atoms with Crippen LogP contribution in [0.4, 0.5) is 10.2 Å². The Kier molecular flexibility index (Phi) is 4.60. The molecule has 0 radical (unpaired) electrons. The summed E-state index contributed by atoms with van der Waals surface area (Å²) in [5.74, 6) is 1.61. The summed E-state index contributed by atoms with van der Waals surface area (Å²) in [5, 5.41) is 4.21. The highest BCUT2D eigenvalue weighted by molar-refractivity contribution is 7.16. The maximum atomic E-state index is 12.9. The van der Waals surface area contributed by atoms with Crippen molar-refractivity contribution < 1.29 is 13.9 Å². The third-order valence-electron chi connectivity index (χ3n) is 5.38. The van der Waals surface area contributed by atoms with E-state index in [1.165, 1.54) is 0 Å². The van der Waals surface area contributed by atoms with Crippen LogP contribution >= 0.6 is 11.3 Å². The highest BCUT2D eigenvalue weighted by Crippen LogP contribution is 2.37. The number of anilines is 1. The van der Waals surface area contributed by atoms with E-state index >= 15 is 0 Å². The summed E-state index contributed by atoms with van der Waals surface area (Å²) in [4.78, 5) is 8.91. The van der Waals surface area contributed by atoms with Gasteiger partial charge in [0.15, 0.2) is 0 Å². The number of ether oxygens (including phenoxy) is 2. The van der Waals surface area contributed by atoms with Crippen molar-refractivity contribution in [3.05, 3.63) is 36.0 Å². The van der Waals surface area contributed by atoms with Gasteiger partial charge in [-0.1, -0.05) is 0 Å². The minimum atomic E-state index is -0.687. The molecule has 150 valence electrons. The Morgan fingerprint density at radius 1 is 1.28 bits per heavy atom. The largest absolute Gasteiger partial charge is 0.496 e. The van der Waals surface area contributed by atoms with E-state index in [1.54, 1.807) is 18.4 Å². The van der Waals surface area contributed by atoms with Crippen LogP contribution in [0.2, 0.25) is 0 Å². The van der Waals surface area contributed by atoms with Crippen molar-refractivity contribution in [2.45, 2.75) is 12.6 Å². The first-order chi connectivity index (χ1) is 14.1. The van der Waals surface area contributed by atoms with Gasteiger partial charge in [-0.2, -0.15) is 0 Å². The Bertz CT molecular complexity index is 1190. The molecule has 3 aromatic heterocycles. The molecular weight excluding hydrogens is 391 g/mol. The van der Waals surface area contributed by atoms with Crippen LogP contribution in [0, 0.1) is 5.92 Å². The molecule has 0 saturated heterocycles. The van der Waals surface area contributed by atoms with E-state index in [1.807, 2.05) is 30.9 Å². The minimum absolute atomic E-state index is 0.0638. The number of methoxy groups -OCH3 is 1. The molecule has 0 amide bonds. The molecule has 1 saturated carbocycles. The first-order valence-electron chi connectivity index (χ1n) is 9.47. The molecular formula is C21H21FN4O2S. The second-order valence-electron chi connectivity index (χ2n) is 7.29. The number of fused-ring (bicyclic) bond motifs is 2. The highest BCUT2D eigenvalue weighted by Gasteiger charge is 2.37. The standard InChI is InChI=1S/C21H21FN4O2S/c1-26-17(14-6-16-20(29-11-25-16)7-19(14)27-2)4-12-5-21(23-8-18(12)26)24-10-28-9-13-3-15(13)22/h4-8,11,13,15H,3,9-10H2,1-2H3,(H,23,24)/t13-,15-/m0/s1. The molecule has 6 nitrogen and oxygen atoms in total. The first-order valence-corrected chi connectivity index (χ1v) is 10.3. The number of thiazole rings is 1. The lowest BCUT2D eigenvalue weighted by molar-refractivity contribution is 0.134. The van der Waals surface area contributed by atoms with Gasteiger partial charge in [0.05, 0.1) is 46.9 Å². The van der Waals surface area contributed by atoms with E-state index in [0.29, 0.717) is 19.8 Å². The van der Waals surface area contributed by atoms with E-state index in [0.717, 1.165) is 43.9 Å². The van der Waals surface area contributed by atoms with Gasteiger partial charge in [-0.3, -0.25) is 0 Å². The lowest BCUT2D eigenvalue weighted by Crippen LogP contribution is -2.09. The van der Waals surface area contributed by atoms with Crippen molar-refractivity contribution in [2.75, 3.05) is 25.8 Å². The van der Waals surface area contributed by atoms with Crippen molar-refractivity contribution >= 4 is 38.3 Å². The molecule has 3 heterocycles. The van der Waals surface area contributed by atoms with E-state index in [-0.39, 0.29) is 5.92 Å². The fourth-order valence-corrected chi connectivity index (χ4v) is 4.25. The van der Waals surface area contributed by atoms with Crippen molar-refractivity contribution in [3.8, 4) is 17.0 Å². The molecule has 4 aromatic rings. The Morgan fingerprint density at radius 2 is 2.14 bits per heavy atom. The number of aromatic nitrogens is 3. The Labute approximate surface area is 171 Å². The first kappa shape index (κ1) is 18.3. The average molecular weight is 412 g/mol. The molecule has 1 aromatic carbocycles. The number of benzene rings is 1. The van der Waals surface area contributed by atoms with Crippen molar-refractivity contribution in [2.24, 2.45) is 13.0 Å². The smallest absolute Gasteiger partial charge is 0.129 e. The molecule has 1 N–H and O–H groups in total. The van der Waals surface area contributed by atoms with Gasteiger partial charge < -0.3 is 19.4 Å². The number of hydrogen-bond acceptors (Lipinski definition) is 6. The van der Waals surface area contributed by atoms with Crippen molar-refractivity contribution in [1.82, 2.24) is 14.5 Å². The van der Waals surface area contributed by atoms with Gasteiger partial charge in [0, 0.05) is 30.0 Å². The van der Waals surface area contributed by atoms with Gasteiger partial charge in [-0.05, 0) is 24.6 Å². The number of pyridine rings is 1. The summed E-state index contributed by atoms with van der Waals surface area (Å²) in [6.45, 7) is 0.764. The molecule has 29 heavy (non-hydrogen) atoms. The second kappa shape index (κ2) is 7.27. The maximum Gasteiger partial charge on any atom is 0.129 e. The van der Waals surface area contributed by atoms with E-state index < -0.39 is 6.17 Å². The van der Waals surface area contributed by atoms with Crippen LogP contribution < -0.4 is 10.1 Å². The molecule has 1 aliphatic carbocycles. The van der Waals surface area contributed by atoms with Crippen molar-refractivity contribution in [3.63, 3.8) is 0 Å². The van der Waals surface area contributed by atoms with Crippen LogP contribution in [-0.2, 0) is 11.8 Å². The monoisotopic (exact) mass is 412 g/mol. The summed E-state index contributed by atoms with van der Waals surface area (Å²) in [5.41, 5.74) is 5.85. The number of nitrogens with zero attached hydrogens (tertiary/aromatic N) is 3. The summed E-state index contributed by atoms with van der Waals surface area (Å²) < 4.78 is 27.2.